The van der Waals surface area contributed by atoms with Gasteiger partial charge in [0.1, 0.15) is 11.6 Å². The van der Waals surface area contributed by atoms with Gasteiger partial charge in [-0.25, -0.2) is 0 Å². The molecule has 0 aliphatic carbocycles. The van der Waals surface area contributed by atoms with Gasteiger partial charge in [-0.15, -0.1) is 10.2 Å². The zero-order chi connectivity index (χ0) is 16.2. The van der Waals surface area contributed by atoms with Gasteiger partial charge in [0.15, 0.2) is 5.82 Å². The van der Waals surface area contributed by atoms with Gasteiger partial charge >= 0.3 is 0 Å². The van der Waals surface area contributed by atoms with Gasteiger partial charge in [0, 0.05) is 18.5 Å². The minimum absolute atomic E-state index is 0.137. The number of amides is 1. The van der Waals surface area contributed by atoms with E-state index in [0.717, 1.165) is 37.5 Å². The van der Waals surface area contributed by atoms with Crippen LogP contribution in [0.5, 0.6) is 5.75 Å². The number of carbonyl (C=O) groups excluding carboxylic acids is 1. The minimum atomic E-state index is -0.187. The number of benzene rings is 1. The molecule has 23 heavy (non-hydrogen) atoms. The van der Waals surface area contributed by atoms with Gasteiger partial charge in [0.05, 0.1) is 13.2 Å². The Morgan fingerprint density at radius 2 is 2.17 bits per heavy atom. The normalized spacial score (nSPS) is 15.4. The minimum Gasteiger partial charge on any atom is -0.497 e. The number of fused-ring (bicyclic) bond motifs is 1. The number of nitrogens with zero attached hydrogens (tertiary/aromatic N) is 3. The highest BCUT2D eigenvalue weighted by molar-refractivity contribution is 5.94. The number of hydrogen-bond donors (Lipinski definition) is 1. The highest BCUT2D eigenvalue weighted by atomic mass is 16.5. The lowest BCUT2D eigenvalue weighted by Gasteiger charge is -2.15. The fourth-order valence-corrected chi connectivity index (χ4v) is 2.94. The Labute approximate surface area is 135 Å². The summed E-state index contributed by atoms with van der Waals surface area (Å²) in [4.78, 5) is 12.4. The van der Waals surface area contributed by atoms with E-state index in [2.05, 4.69) is 20.1 Å². The predicted octanol–water partition coefficient (Wildman–Crippen LogP) is 2.50. The van der Waals surface area contributed by atoms with E-state index in [-0.39, 0.29) is 11.9 Å². The molecule has 1 atom stereocenters. The quantitative estimate of drug-likeness (QED) is 0.941. The first-order valence-electron chi connectivity index (χ1n) is 8.06. The molecule has 0 unspecified atom stereocenters. The molecule has 122 valence electrons. The summed E-state index contributed by atoms with van der Waals surface area (Å²) in [5, 5.41) is 11.6. The van der Waals surface area contributed by atoms with Gasteiger partial charge in [-0.3, -0.25) is 4.79 Å². The van der Waals surface area contributed by atoms with Gasteiger partial charge in [-0.05, 0) is 38.0 Å². The molecule has 0 bridgehead atoms. The van der Waals surface area contributed by atoms with Crippen molar-refractivity contribution in [2.75, 3.05) is 7.11 Å². The third kappa shape index (κ3) is 3.36. The Kier molecular flexibility index (Phi) is 4.60. The maximum absolute atomic E-state index is 12.4. The summed E-state index contributed by atoms with van der Waals surface area (Å²) in [6.07, 6.45) is 4.47. The van der Waals surface area contributed by atoms with Crippen LogP contribution in [0.15, 0.2) is 24.3 Å². The van der Waals surface area contributed by atoms with Gasteiger partial charge < -0.3 is 14.6 Å². The number of aryl methyl sites for hydroxylation is 1. The van der Waals surface area contributed by atoms with Crippen molar-refractivity contribution >= 4 is 5.91 Å². The maximum Gasteiger partial charge on any atom is 0.251 e. The van der Waals surface area contributed by atoms with Crippen molar-refractivity contribution in [1.29, 1.82) is 0 Å². The molecule has 1 amide bonds. The van der Waals surface area contributed by atoms with Crippen LogP contribution in [0.2, 0.25) is 0 Å². The van der Waals surface area contributed by atoms with Crippen molar-refractivity contribution in [2.24, 2.45) is 0 Å². The second-order valence-corrected chi connectivity index (χ2v) is 5.86. The second kappa shape index (κ2) is 6.81. The number of rotatable bonds is 4. The van der Waals surface area contributed by atoms with Crippen LogP contribution >= 0.6 is 0 Å². The van der Waals surface area contributed by atoms with Gasteiger partial charge in [0.25, 0.3) is 5.91 Å². The fourth-order valence-electron chi connectivity index (χ4n) is 2.94. The van der Waals surface area contributed by atoms with Crippen molar-refractivity contribution in [3.05, 3.63) is 41.5 Å². The molecule has 2 aromatic rings. The summed E-state index contributed by atoms with van der Waals surface area (Å²) in [6.45, 7) is 2.87. The first-order chi connectivity index (χ1) is 11.2. The Morgan fingerprint density at radius 1 is 1.30 bits per heavy atom. The molecule has 1 aromatic carbocycles. The SMILES string of the molecule is COc1cccc(C(=O)N[C@H](C)c2nnc3n2CCCCC3)c1. The van der Waals surface area contributed by atoms with Crippen molar-refractivity contribution in [2.45, 2.75) is 45.2 Å². The average molecular weight is 314 g/mol. The Bertz CT molecular complexity index is 696. The lowest BCUT2D eigenvalue weighted by atomic mass is 10.2. The highest BCUT2D eigenvalue weighted by Gasteiger charge is 2.21. The van der Waals surface area contributed by atoms with Crippen LogP contribution in [0.4, 0.5) is 0 Å². The van der Waals surface area contributed by atoms with Crippen molar-refractivity contribution in [3.63, 3.8) is 0 Å². The van der Waals surface area contributed by atoms with Crippen molar-refractivity contribution < 1.29 is 9.53 Å². The van der Waals surface area contributed by atoms with E-state index in [9.17, 15) is 4.79 Å². The molecule has 1 aliphatic heterocycles. The number of methoxy groups -OCH3 is 1. The van der Waals surface area contributed by atoms with Crippen LogP contribution in [0.25, 0.3) is 0 Å². The molecule has 0 saturated heterocycles. The zero-order valence-electron chi connectivity index (χ0n) is 13.6. The van der Waals surface area contributed by atoms with Crippen molar-refractivity contribution in [3.8, 4) is 5.75 Å². The zero-order valence-corrected chi connectivity index (χ0v) is 13.6. The summed E-state index contributed by atoms with van der Waals surface area (Å²) in [6, 6.07) is 6.94. The van der Waals surface area contributed by atoms with Gasteiger partial charge in [-0.2, -0.15) is 0 Å². The first kappa shape index (κ1) is 15.5. The van der Waals surface area contributed by atoms with E-state index in [1.165, 1.54) is 6.42 Å². The third-order valence-electron chi connectivity index (χ3n) is 4.20. The average Bonchev–Trinajstić information content (AvgIpc) is 2.83. The van der Waals surface area contributed by atoms with E-state index < -0.39 is 0 Å². The molecule has 0 saturated carbocycles. The Balaban J connectivity index is 1.75. The van der Waals surface area contributed by atoms with E-state index in [0.29, 0.717) is 11.3 Å². The van der Waals surface area contributed by atoms with Gasteiger partial charge in [-0.1, -0.05) is 12.5 Å². The number of nitrogens with one attached hydrogen (secondary N) is 1. The molecular formula is C17H22N4O2. The van der Waals surface area contributed by atoms with Crippen LogP contribution in [0.3, 0.4) is 0 Å². The van der Waals surface area contributed by atoms with Gasteiger partial charge in [0.2, 0.25) is 0 Å². The van der Waals surface area contributed by atoms with E-state index >= 15 is 0 Å². The second-order valence-electron chi connectivity index (χ2n) is 5.86. The smallest absolute Gasteiger partial charge is 0.251 e. The summed E-state index contributed by atoms with van der Waals surface area (Å²) >= 11 is 0. The standard InChI is InChI=1S/C17H22N4O2/c1-12(16-20-19-15-9-4-3-5-10-21(15)16)18-17(22)13-7-6-8-14(11-13)23-2/h6-8,11-12H,3-5,9-10H2,1-2H3,(H,18,22)/t12-/m1/s1. The lowest BCUT2D eigenvalue weighted by Crippen LogP contribution is -2.29. The third-order valence-corrected chi connectivity index (χ3v) is 4.20. The number of aromatic nitrogens is 3. The highest BCUT2D eigenvalue weighted by Crippen LogP contribution is 2.19. The number of ether oxygens (including phenoxy) is 1. The monoisotopic (exact) mass is 314 g/mol. The fraction of sp³-hybridized carbons (Fsp3) is 0.471. The molecule has 3 rings (SSSR count). The van der Waals surface area contributed by atoms with Crippen molar-refractivity contribution in [1.82, 2.24) is 20.1 Å². The molecule has 1 aliphatic rings. The summed E-state index contributed by atoms with van der Waals surface area (Å²) in [7, 11) is 1.59. The molecule has 2 heterocycles. The van der Waals surface area contributed by atoms with Crippen LogP contribution in [-0.4, -0.2) is 27.8 Å². The predicted molar refractivity (Wildman–Crippen MR) is 86.5 cm³/mol. The maximum atomic E-state index is 12.4. The topological polar surface area (TPSA) is 69.0 Å². The molecule has 0 radical (unpaired) electrons. The first-order valence-corrected chi connectivity index (χ1v) is 8.06. The summed E-state index contributed by atoms with van der Waals surface area (Å²) in [5.74, 6) is 2.39. The molecule has 6 heteroatoms. The molecule has 6 nitrogen and oxygen atoms in total. The number of carbonyl (C=O) groups is 1. The van der Waals surface area contributed by atoms with E-state index in [1.807, 2.05) is 19.1 Å². The Morgan fingerprint density at radius 3 is 3.00 bits per heavy atom. The lowest BCUT2D eigenvalue weighted by molar-refractivity contribution is 0.0937. The van der Waals surface area contributed by atoms with Crippen LogP contribution in [0.1, 0.15) is 54.2 Å². The van der Waals surface area contributed by atoms with Crippen LogP contribution < -0.4 is 10.1 Å². The number of hydrogen-bond acceptors (Lipinski definition) is 4. The van der Waals surface area contributed by atoms with Crippen LogP contribution in [-0.2, 0) is 13.0 Å². The molecule has 0 spiro atoms. The molecule has 0 fully saturated rings. The van der Waals surface area contributed by atoms with E-state index in [1.54, 1.807) is 19.2 Å². The Hall–Kier alpha value is -2.37. The largest absolute Gasteiger partial charge is 0.497 e. The summed E-state index contributed by atoms with van der Waals surface area (Å²) in [5.41, 5.74) is 0.576. The molecular weight excluding hydrogens is 292 g/mol. The molecule has 1 aromatic heterocycles. The summed E-state index contributed by atoms with van der Waals surface area (Å²) < 4.78 is 7.32. The van der Waals surface area contributed by atoms with E-state index in [4.69, 9.17) is 4.74 Å². The molecule has 1 N–H and O–H groups in total. The van der Waals surface area contributed by atoms with Crippen LogP contribution in [0, 0.1) is 0 Å².